The van der Waals surface area contributed by atoms with E-state index < -0.39 is 0 Å². The molecule has 4 rings (SSSR count). The van der Waals surface area contributed by atoms with Gasteiger partial charge >= 0.3 is 0 Å². The minimum Gasteiger partial charge on any atom is -0.362 e. The SMILES string of the molecule is O=C(NCCCc1ccccn1)c1ccc(NC2CCc3cccnc32)nc1. The summed E-state index contributed by atoms with van der Waals surface area (Å²) in [5.74, 6) is 0.656. The zero-order valence-corrected chi connectivity index (χ0v) is 15.6. The molecule has 0 aromatic carbocycles. The van der Waals surface area contributed by atoms with Crippen LogP contribution in [-0.4, -0.2) is 27.4 Å². The van der Waals surface area contributed by atoms with Gasteiger partial charge in [0.25, 0.3) is 5.91 Å². The maximum atomic E-state index is 12.3. The summed E-state index contributed by atoms with van der Waals surface area (Å²) in [6, 6.07) is 13.8. The van der Waals surface area contributed by atoms with Crippen molar-refractivity contribution in [2.45, 2.75) is 31.7 Å². The van der Waals surface area contributed by atoms with Crippen molar-refractivity contribution < 1.29 is 4.79 Å². The number of carbonyl (C=O) groups is 1. The first-order valence-electron chi connectivity index (χ1n) is 9.64. The molecule has 6 nitrogen and oxygen atoms in total. The number of hydrogen-bond donors (Lipinski definition) is 2. The molecule has 0 spiro atoms. The molecule has 1 aliphatic rings. The standard InChI is InChI=1S/C22H23N5O/c28-22(25-14-4-7-18-6-1-2-12-23-18)17-9-11-20(26-15-17)27-19-10-8-16-5-3-13-24-21(16)19/h1-3,5-6,9,11-13,15,19H,4,7-8,10,14H2,(H,25,28)(H,26,27). The number of nitrogens with one attached hydrogen (secondary N) is 2. The van der Waals surface area contributed by atoms with Crippen molar-refractivity contribution in [2.75, 3.05) is 11.9 Å². The van der Waals surface area contributed by atoms with Crippen LogP contribution in [0.2, 0.25) is 0 Å². The van der Waals surface area contributed by atoms with Crippen molar-refractivity contribution >= 4 is 11.7 Å². The normalized spacial score (nSPS) is 15.1. The quantitative estimate of drug-likeness (QED) is 0.621. The van der Waals surface area contributed by atoms with E-state index in [4.69, 9.17) is 0 Å². The monoisotopic (exact) mass is 373 g/mol. The number of nitrogens with zero attached hydrogens (tertiary/aromatic N) is 3. The number of fused-ring (bicyclic) bond motifs is 1. The molecule has 0 radical (unpaired) electrons. The van der Waals surface area contributed by atoms with Crippen LogP contribution in [0.4, 0.5) is 5.82 Å². The second-order valence-corrected chi connectivity index (χ2v) is 6.90. The number of aryl methyl sites for hydroxylation is 2. The van der Waals surface area contributed by atoms with Crippen LogP contribution in [0, 0.1) is 0 Å². The van der Waals surface area contributed by atoms with Crippen molar-refractivity contribution in [1.82, 2.24) is 20.3 Å². The van der Waals surface area contributed by atoms with Crippen LogP contribution in [0.15, 0.2) is 61.1 Å². The van der Waals surface area contributed by atoms with Crippen LogP contribution in [0.3, 0.4) is 0 Å². The molecule has 0 fully saturated rings. The topological polar surface area (TPSA) is 79.8 Å². The van der Waals surface area contributed by atoms with Crippen molar-refractivity contribution in [3.63, 3.8) is 0 Å². The fourth-order valence-electron chi connectivity index (χ4n) is 3.46. The molecule has 1 aliphatic carbocycles. The molecule has 1 amide bonds. The Balaban J connectivity index is 1.26. The first-order valence-corrected chi connectivity index (χ1v) is 9.64. The Morgan fingerprint density at radius 1 is 1.04 bits per heavy atom. The summed E-state index contributed by atoms with van der Waals surface area (Å²) in [5.41, 5.74) is 3.99. The highest BCUT2D eigenvalue weighted by Crippen LogP contribution is 2.31. The third-order valence-electron chi connectivity index (χ3n) is 4.93. The first kappa shape index (κ1) is 18.1. The molecule has 0 saturated carbocycles. The van der Waals surface area contributed by atoms with Gasteiger partial charge in [-0.05, 0) is 61.6 Å². The third kappa shape index (κ3) is 4.34. The van der Waals surface area contributed by atoms with E-state index in [0.29, 0.717) is 12.1 Å². The van der Waals surface area contributed by atoms with Crippen LogP contribution in [0.25, 0.3) is 0 Å². The molecular formula is C22H23N5O. The Bertz CT molecular complexity index is 927. The van der Waals surface area contributed by atoms with Crippen molar-refractivity contribution in [2.24, 2.45) is 0 Å². The predicted octanol–water partition coefficient (Wildman–Crippen LogP) is 3.33. The summed E-state index contributed by atoms with van der Waals surface area (Å²) in [6.07, 6.45) is 8.96. The summed E-state index contributed by atoms with van der Waals surface area (Å²) in [6.45, 7) is 0.611. The number of hydrogen-bond acceptors (Lipinski definition) is 5. The minimum absolute atomic E-state index is 0.104. The third-order valence-corrected chi connectivity index (χ3v) is 4.93. The van der Waals surface area contributed by atoms with E-state index in [1.807, 2.05) is 36.5 Å². The lowest BCUT2D eigenvalue weighted by molar-refractivity contribution is 0.0953. The average Bonchev–Trinajstić information content (AvgIpc) is 3.15. The van der Waals surface area contributed by atoms with Crippen LogP contribution in [0.5, 0.6) is 0 Å². The summed E-state index contributed by atoms with van der Waals surface area (Å²) >= 11 is 0. The van der Waals surface area contributed by atoms with Crippen molar-refractivity contribution in [3.05, 3.63) is 83.6 Å². The van der Waals surface area contributed by atoms with Gasteiger partial charge in [-0.15, -0.1) is 0 Å². The molecule has 0 aliphatic heterocycles. The van der Waals surface area contributed by atoms with Gasteiger partial charge in [0, 0.05) is 30.8 Å². The van der Waals surface area contributed by atoms with Gasteiger partial charge in [0.15, 0.2) is 0 Å². The lowest BCUT2D eigenvalue weighted by Gasteiger charge is -2.14. The molecule has 3 heterocycles. The number of anilines is 1. The molecule has 0 saturated heterocycles. The number of rotatable bonds is 7. The number of pyridine rings is 3. The molecule has 28 heavy (non-hydrogen) atoms. The van der Waals surface area contributed by atoms with Crippen LogP contribution in [0.1, 0.15) is 46.2 Å². The Hall–Kier alpha value is -3.28. The number of aromatic nitrogens is 3. The lowest BCUT2D eigenvalue weighted by Crippen LogP contribution is -2.25. The van der Waals surface area contributed by atoms with Gasteiger partial charge in [-0.25, -0.2) is 4.98 Å². The van der Waals surface area contributed by atoms with Crippen LogP contribution < -0.4 is 10.6 Å². The summed E-state index contributed by atoms with van der Waals surface area (Å²) in [5, 5.41) is 6.36. The van der Waals surface area contributed by atoms with Gasteiger partial charge in [-0.1, -0.05) is 12.1 Å². The summed E-state index contributed by atoms with van der Waals surface area (Å²) < 4.78 is 0. The van der Waals surface area contributed by atoms with E-state index in [0.717, 1.165) is 42.9 Å². The Kier molecular flexibility index (Phi) is 5.56. The van der Waals surface area contributed by atoms with Gasteiger partial charge < -0.3 is 10.6 Å². The molecule has 142 valence electrons. The van der Waals surface area contributed by atoms with E-state index in [2.05, 4.69) is 31.7 Å². The summed E-state index contributed by atoms with van der Waals surface area (Å²) in [7, 11) is 0. The van der Waals surface area contributed by atoms with Gasteiger partial charge in [-0.3, -0.25) is 14.8 Å². The van der Waals surface area contributed by atoms with Gasteiger partial charge in [0.2, 0.25) is 0 Å². The lowest BCUT2D eigenvalue weighted by atomic mass is 10.2. The van der Waals surface area contributed by atoms with E-state index in [1.54, 1.807) is 18.5 Å². The minimum atomic E-state index is -0.104. The van der Waals surface area contributed by atoms with Crippen LogP contribution >= 0.6 is 0 Å². The van der Waals surface area contributed by atoms with E-state index >= 15 is 0 Å². The van der Waals surface area contributed by atoms with Crippen molar-refractivity contribution in [1.29, 1.82) is 0 Å². The Labute approximate surface area is 164 Å². The fourth-order valence-corrected chi connectivity index (χ4v) is 3.46. The fraction of sp³-hybridized carbons (Fsp3) is 0.273. The highest BCUT2D eigenvalue weighted by Gasteiger charge is 2.23. The van der Waals surface area contributed by atoms with Crippen LogP contribution in [-0.2, 0) is 12.8 Å². The zero-order chi connectivity index (χ0) is 19.2. The molecule has 3 aromatic rings. The predicted molar refractivity (Wildman–Crippen MR) is 108 cm³/mol. The second-order valence-electron chi connectivity index (χ2n) is 6.90. The first-order chi connectivity index (χ1) is 13.8. The van der Waals surface area contributed by atoms with E-state index in [9.17, 15) is 4.79 Å². The maximum absolute atomic E-state index is 12.3. The maximum Gasteiger partial charge on any atom is 0.252 e. The number of carbonyl (C=O) groups excluding carboxylic acids is 1. The largest absolute Gasteiger partial charge is 0.362 e. The second kappa shape index (κ2) is 8.61. The Morgan fingerprint density at radius 3 is 2.79 bits per heavy atom. The average molecular weight is 373 g/mol. The number of amides is 1. The molecule has 2 N–H and O–H groups in total. The molecule has 1 atom stereocenters. The molecule has 6 heteroatoms. The van der Waals surface area contributed by atoms with Gasteiger partial charge in [0.1, 0.15) is 5.82 Å². The highest BCUT2D eigenvalue weighted by molar-refractivity contribution is 5.94. The van der Waals surface area contributed by atoms with Crippen molar-refractivity contribution in [3.8, 4) is 0 Å². The zero-order valence-electron chi connectivity index (χ0n) is 15.6. The molecule has 0 bridgehead atoms. The molecule has 1 unspecified atom stereocenters. The van der Waals surface area contributed by atoms with E-state index in [1.165, 1.54) is 5.56 Å². The molecule has 3 aromatic heterocycles. The molecular weight excluding hydrogens is 350 g/mol. The van der Waals surface area contributed by atoms with E-state index in [-0.39, 0.29) is 11.9 Å². The highest BCUT2D eigenvalue weighted by atomic mass is 16.1. The van der Waals surface area contributed by atoms with Gasteiger partial charge in [0.05, 0.1) is 17.3 Å². The summed E-state index contributed by atoms with van der Waals surface area (Å²) in [4.78, 5) is 25.5. The van der Waals surface area contributed by atoms with Gasteiger partial charge in [-0.2, -0.15) is 0 Å². The Morgan fingerprint density at radius 2 is 1.96 bits per heavy atom. The smallest absolute Gasteiger partial charge is 0.252 e.